The highest BCUT2D eigenvalue weighted by molar-refractivity contribution is 6.25. The first kappa shape index (κ1) is 28.7. The zero-order valence-corrected chi connectivity index (χ0v) is 25.9. The third-order valence-corrected chi connectivity index (χ3v) is 9.20. The van der Waals surface area contributed by atoms with Crippen LogP contribution in [0.1, 0.15) is 30.4 Å². The van der Waals surface area contributed by atoms with E-state index in [0.29, 0.717) is 26.1 Å². The lowest BCUT2D eigenvalue weighted by molar-refractivity contribution is -0.138. The van der Waals surface area contributed by atoms with Crippen LogP contribution in [0, 0.1) is 0 Å². The number of unbranched alkanes of at least 4 members (excludes halogenated alkanes) is 2. The van der Waals surface area contributed by atoms with E-state index in [9.17, 15) is 9.59 Å². The summed E-state index contributed by atoms with van der Waals surface area (Å²) < 4.78 is 10.9. The number of ether oxygens (including phenoxy) is 2. The van der Waals surface area contributed by atoms with Crippen LogP contribution in [0.2, 0.25) is 0 Å². The zero-order valence-electron chi connectivity index (χ0n) is 25.9. The molecule has 8 aromatic rings. The van der Waals surface area contributed by atoms with Crippen LogP contribution in [0.4, 0.5) is 0 Å². The van der Waals surface area contributed by atoms with Gasteiger partial charge in [0, 0.05) is 12.2 Å². The Balaban J connectivity index is 0.811. The smallest absolute Gasteiger partial charge is 0.330 e. The van der Waals surface area contributed by atoms with Crippen LogP contribution in [0.25, 0.3) is 76.8 Å². The van der Waals surface area contributed by atoms with Gasteiger partial charge in [-0.3, -0.25) is 0 Å². The quantitative estimate of drug-likeness (QED) is 0.0667. The Morgan fingerprint density at radius 2 is 0.787 bits per heavy atom. The molecule has 0 fully saturated rings. The lowest BCUT2D eigenvalue weighted by Crippen LogP contribution is -2.04. The first-order valence-electron chi connectivity index (χ1n) is 16.2. The molecule has 0 aliphatic heterocycles. The summed E-state index contributed by atoms with van der Waals surface area (Å²) in [7, 11) is 0. The van der Waals surface area contributed by atoms with E-state index < -0.39 is 0 Å². The fraction of sp³-hybridized carbons (Fsp3) is 0.116. The molecule has 0 heterocycles. The lowest BCUT2D eigenvalue weighted by Gasteiger charge is -2.12. The molecule has 0 atom stereocenters. The van der Waals surface area contributed by atoms with E-state index in [1.165, 1.54) is 66.0 Å². The second-order valence-corrected chi connectivity index (χ2v) is 12.1. The van der Waals surface area contributed by atoms with Gasteiger partial charge >= 0.3 is 11.9 Å². The summed E-state index contributed by atoms with van der Waals surface area (Å²) in [5.74, 6) is -0.724. The minimum absolute atomic E-state index is 0.324. The van der Waals surface area contributed by atoms with Crippen LogP contribution >= 0.6 is 0 Å². The van der Waals surface area contributed by atoms with Crippen molar-refractivity contribution in [2.75, 3.05) is 13.2 Å². The number of rotatable bonds is 10. The van der Waals surface area contributed by atoms with Crippen molar-refractivity contribution in [1.82, 2.24) is 0 Å². The molecule has 0 unspecified atom stereocenters. The normalized spacial score (nSPS) is 12.3. The molecule has 0 bridgehead atoms. The monoisotopic (exact) mass is 612 g/mol. The molecular formula is C43H32O4. The summed E-state index contributed by atoms with van der Waals surface area (Å²) in [5, 5.41) is 14.4. The standard InChI is InChI=1S/C43H32O4/c44-38(24-20-28-10-12-34-16-14-30-6-4-8-32-18-22-36(28)42(34)40(30)32)46-26-2-1-3-27-47-39(45)25-21-29-11-13-35-17-15-31-7-5-9-33-19-23-37(29)43(35)41(31)33/h4-25H,1-3,26-27H2/b24-20+,25-21+. The van der Waals surface area contributed by atoms with Gasteiger partial charge in [0.1, 0.15) is 0 Å². The fourth-order valence-corrected chi connectivity index (χ4v) is 6.94. The number of carbonyl (C=O) groups is 2. The third kappa shape index (κ3) is 5.42. The van der Waals surface area contributed by atoms with Crippen molar-refractivity contribution in [2.24, 2.45) is 0 Å². The molecule has 0 saturated heterocycles. The van der Waals surface area contributed by atoms with Crippen LogP contribution in [-0.4, -0.2) is 25.2 Å². The number of hydrogen-bond acceptors (Lipinski definition) is 4. The largest absolute Gasteiger partial charge is 0.463 e. The van der Waals surface area contributed by atoms with Crippen LogP contribution in [0.5, 0.6) is 0 Å². The van der Waals surface area contributed by atoms with Crippen molar-refractivity contribution in [3.8, 4) is 0 Å². The molecule has 47 heavy (non-hydrogen) atoms. The molecular weight excluding hydrogens is 580 g/mol. The van der Waals surface area contributed by atoms with Gasteiger partial charge in [0.05, 0.1) is 13.2 Å². The van der Waals surface area contributed by atoms with Gasteiger partial charge in [0.25, 0.3) is 0 Å². The number of benzene rings is 8. The molecule has 228 valence electrons. The first-order valence-corrected chi connectivity index (χ1v) is 16.2. The second-order valence-electron chi connectivity index (χ2n) is 12.1. The van der Waals surface area contributed by atoms with Crippen molar-refractivity contribution >= 4 is 88.7 Å². The summed E-state index contributed by atoms with van der Waals surface area (Å²) >= 11 is 0. The Kier molecular flexibility index (Phi) is 7.47. The minimum atomic E-state index is -0.362. The second kappa shape index (κ2) is 12.2. The Morgan fingerprint density at radius 1 is 0.426 bits per heavy atom. The molecule has 0 radical (unpaired) electrons. The maximum Gasteiger partial charge on any atom is 0.330 e. The van der Waals surface area contributed by atoms with Crippen molar-refractivity contribution in [2.45, 2.75) is 19.3 Å². The summed E-state index contributed by atoms with van der Waals surface area (Å²) in [5.41, 5.74) is 1.98. The van der Waals surface area contributed by atoms with E-state index in [0.717, 1.165) is 28.3 Å². The number of esters is 2. The predicted molar refractivity (Wildman–Crippen MR) is 194 cm³/mol. The molecule has 8 rings (SSSR count). The van der Waals surface area contributed by atoms with E-state index in [4.69, 9.17) is 9.47 Å². The van der Waals surface area contributed by atoms with E-state index in [2.05, 4.69) is 97.1 Å². The van der Waals surface area contributed by atoms with Gasteiger partial charge in [-0.25, -0.2) is 9.59 Å². The molecule has 0 aliphatic carbocycles. The summed E-state index contributed by atoms with van der Waals surface area (Å²) in [6.45, 7) is 0.647. The van der Waals surface area contributed by atoms with Crippen molar-refractivity contribution < 1.29 is 19.1 Å². The van der Waals surface area contributed by atoms with Crippen LogP contribution in [0.15, 0.2) is 121 Å². The lowest BCUT2D eigenvalue weighted by atomic mass is 9.92. The van der Waals surface area contributed by atoms with Crippen molar-refractivity contribution in [3.63, 3.8) is 0 Å². The molecule has 8 aromatic carbocycles. The Labute approximate surface area is 272 Å². The number of hydrogen-bond donors (Lipinski definition) is 0. The Morgan fingerprint density at radius 3 is 1.21 bits per heavy atom. The van der Waals surface area contributed by atoms with Gasteiger partial charge in [-0.1, -0.05) is 109 Å². The van der Waals surface area contributed by atoms with Gasteiger partial charge in [-0.05, 0) is 107 Å². The fourth-order valence-electron chi connectivity index (χ4n) is 6.94. The summed E-state index contributed by atoms with van der Waals surface area (Å²) in [4.78, 5) is 24.9. The van der Waals surface area contributed by atoms with Gasteiger partial charge in [-0.2, -0.15) is 0 Å². The third-order valence-electron chi connectivity index (χ3n) is 9.20. The number of carbonyl (C=O) groups excluding carboxylic acids is 2. The van der Waals surface area contributed by atoms with Crippen LogP contribution < -0.4 is 0 Å². The maximum atomic E-state index is 12.4. The molecule has 0 N–H and O–H groups in total. The molecule has 4 heteroatoms. The van der Waals surface area contributed by atoms with E-state index in [1.807, 2.05) is 24.3 Å². The predicted octanol–water partition coefficient (Wildman–Crippen LogP) is 10.5. The average molecular weight is 613 g/mol. The molecule has 0 aromatic heterocycles. The van der Waals surface area contributed by atoms with E-state index in [1.54, 1.807) is 0 Å². The van der Waals surface area contributed by atoms with Gasteiger partial charge in [-0.15, -0.1) is 0 Å². The Hall–Kier alpha value is -5.74. The highest BCUT2D eigenvalue weighted by Gasteiger charge is 2.11. The summed E-state index contributed by atoms with van der Waals surface area (Å²) in [6, 6.07) is 38.2. The topological polar surface area (TPSA) is 52.6 Å². The van der Waals surface area contributed by atoms with Crippen LogP contribution in [0.3, 0.4) is 0 Å². The highest BCUT2D eigenvalue weighted by atomic mass is 16.5. The first-order chi connectivity index (χ1) is 23.1. The highest BCUT2D eigenvalue weighted by Crippen LogP contribution is 2.37. The molecule has 4 nitrogen and oxygen atoms in total. The Bertz CT molecular complexity index is 2280. The molecule has 0 spiro atoms. The zero-order chi connectivity index (χ0) is 31.7. The van der Waals surface area contributed by atoms with Crippen molar-refractivity contribution in [1.29, 1.82) is 0 Å². The average Bonchev–Trinajstić information content (AvgIpc) is 3.11. The van der Waals surface area contributed by atoms with Gasteiger partial charge in [0.2, 0.25) is 0 Å². The summed E-state index contributed by atoms with van der Waals surface area (Å²) in [6.07, 6.45) is 8.87. The minimum Gasteiger partial charge on any atom is -0.463 e. The maximum absolute atomic E-state index is 12.4. The SMILES string of the molecule is O=C(/C=C/c1ccc2ccc3cccc4ccc1c2c34)OCCCCCOC(=O)/C=C/c1ccc2ccc3cccc4ccc1c2c34. The molecule has 0 aliphatic rings. The molecule has 0 saturated carbocycles. The van der Waals surface area contributed by atoms with Gasteiger partial charge in [0.15, 0.2) is 0 Å². The van der Waals surface area contributed by atoms with Crippen LogP contribution in [-0.2, 0) is 19.1 Å². The molecule has 0 amide bonds. The van der Waals surface area contributed by atoms with Gasteiger partial charge < -0.3 is 9.47 Å². The van der Waals surface area contributed by atoms with E-state index >= 15 is 0 Å². The van der Waals surface area contributed by atoms with E-state index in [-0.39, 0.29) is 11.9 Å². The van der Waals surface area contributed by atoms with Crippen molar-refractivity contribution in [3.05, 3.63) is 132 Å².